The lowest BCUT2D eigenvalue weighted by atomic mass is 10.2. The van der Waals surface area contributed by atoms with E-state index in [2.05, 4.69) is 0 Å². The maximum atomic E-state index is 12.2. The summed E-state index contributed by atoms with van der Waals surface area (Å²) in [6.45, 7) is 5.64. The van der Waals surface area contributed by atoms with Crippen molar-refractivity contribution in [3.63, 3.8) is 0 Å². The van der Waals surface area contributed by atoms with Gasteiger partial charge in [0.2, 0.25) is 0 Å². The second kappa shape index (κ2) is 9.85. The van der Waals surface area contributed by atoms with Gasteiger partial charge in [0.25, 0.3) is 0 Å². The van der Waals surface area contributed by atoms with Crippen LogP contribution in [0.3, 0.4) is 0 Å². The van der Waals surface area contributed by atoms with Crippen LogP contribution in [-0.2, 0) is 0 Å². The summed E-state index contributed by atoms with van der Waals surface area (Å²) in [6.07, 6.45) is 0. The van der Waals surface area contributed by atoms with E-state index in [-0.39, 0.29) is 0 Å². The van der Waals surface area contributed by atoms with Gasteiger partial charge >= 0.3 is 0 Å². The Morgan fingerprint density at radius 3 is 1.54 bits per heavy atom. The van der Waals surface area contributed by atoms with Gasteiger partial charge in [0, 0.05) is 6.07 Å². The van der Waals surface area contributed by atoms with Gasteiger partial charge in [-0.2, -0.15) is 0 Å². The largest absolute Gasteiger partial charge is 0.331 e. The highest BCUT2D eigenvalue weighted by atomic mass is 127. The molecule has 1 aromatic rings. The highest BCUT2D eigenvalue weighted by Gasteiger charge is 1.93. The summed E-state index contributed by atoms with van der Waals surface area (Å²) >= 11 is 1.15. The third kappa shape index (κ3) is 8.11. The molecule has 0 bridgehead atoms. The first-order valence-electron chi connectivity index (χ1n) is 3.78. The molecule has 0 amide bonds. The molecule has 0 saturated heterocycles. The molecular weight excluding hydrogens is 289 g/mol. The van der Waals surface area contributed by atoms with Crippen LogP contribution in [0.25, 0.3) is 0 Å². The molecule has 13 heavy (non-hydrogen) atoms. The van der Waals surface area contributed by atoms with Crippen LogP contribution in [-0.4, -0.2) is 3.44 Å². The molecule has 0 aliphatic rings. The van der Waals surface area contributed by atoms with E-state index in [1.807, 2.05) is 13.8 Å². The van der Waals surface area contributed by atoms with E-state index >= 15 is 0 Å². The normalized spacial score (nSPS) is 7.62. The fourth-order valence-corrected chi connectivity index (χ4v) is 0.692. The summed E-state index contributed by atoms with van der Waals surface area (Å²) < 4.78 is 31.3. The first-order valence-corrected chi connectivity index (χ1v) is 4.74. The Labute approximate surface area is 91.5 Å². The zero-order valence-corrected chi connectivity index (χ0v) is 9.97. The van der Waals surface area contributed by atoms with Crippen molar-refractivity contribution in [1.29, 1.82) is 0 Å². The van der Waals surface area contributed by atoms with E-state index in [1.54, 1.807) is 6.92 Å². The standard InChI is InChI=1S/C7H6F2.C2H6.HIO/c1-5-2-6(8)4-7(9)3-5;2*1-2/h2-4H,1H3;1-2H3;2H. The van der Waals surface area contributed by atoms with Crippen LogP contribution in [0.5, 0.6) is 0 Å². The first kappa shape index (κ1) is 15.3. The fraction of sp³-hybridized carbons (Fsp3) is 0.333. The van der Waals surface area contributed by atoms with Crippen molar-refractivity contribution in [2.45, 2.75) is 20.8 Å². The topological polar surface area (TPSA) is 20.2 Å². The van der Waals surface area contributed by atoms with E-state index in [0.717, 1.165) is 29.1 Å². The zero-order valence-electron chi connectivity index (χ0n) is 7.81. The molecular formula is C9H13F2IO. The van der Waals surface area contributed by atoms with Crippen LogP contribution in [0, 0.1) is 18.6 Å². The lowest BCUT2D eigenvalue weighted by molar-refractivity contribution is 0.581. The molecule has 1 nitrogen and oxygen atoms in total. The Bertz CT molecular complexity index is 178. The summed E-state index contributed by atoms with van der Waals surface area (Å²) in [5, 5.41) is 0. The van der Waals surface area contributed by atoms with E-state index in [4.69, 9.17) is 3.44 Å². The number of hydrogen-bond donors (Lipinski definition) is 1. The predicted molar refractivity (Wildman–Crippen MR) is 58.7 cm³/mol. The quantitative estimate of drug-likeness (QED) is 0.726. The van der Waals surface area contributed by atoms with Crippen LogP contribution in [0.2, 0.25) is 0 Å². The maximum absolute atomic E-state index is 12.2. The summed E-state index contributed by atoms with van der Waals surface area (Å²) in [6, 6.07) is 3.42. The summed E-state index contributed by atoms with van der Waals surface area (Å²) in [4.78, 5) is 0. The third-order valence-electron chi connectivity index (χ3n) is 1.01. The van der Waals surface area contributed by atoms with Crippen molar-refractivity contribution in [2.24, 2.45) is 0 Å². The van der Waals surface area contributed by atoms with E-state index in [1.165, 1.54) is 12.1 Å². The molecule has 0 spiro atoms. The van der Waals surface area contributed by atoms with E-state index in [0.29, 0.717) is 5.56 Å². The Morgan fingerprint density at radius 1 is 1.00 bits per heavy atom. The minimum atomic E-state index is -0.521. The average molecular weight is 302 g/mol. The van der Waals surface area contributed by atoms with Crippen LogP contribution >= 0.6 is 23.0 Å². The molecule has 0 aliphatic carbocycles. The molecule has 0 aliphatic heterocycles. The summed E-state index contributed by atoms with van der Waals surface area (Å²) in [5.74, 6) is -1.04. The van der Waals surface area contributed by atoms with Gasteiger partial charge in [0.1, 0.15) is 34.6 Å². The Kier molecular flexibility index (Phi) is 11.6. The van der Waals surface area contributed by atoms with Gasteiger partial charge in [-0.3, -0.25) is 0 Å². The monoisotopic (exact) mass is 302 g/mol. The number of hydrogen-bond acceptors (Lipinski definition) is 1. The van der Waals surface area contributed by atoms with Crippen molar-refractivity contribution in [1.82, 2.24) is 0 Å². The summed E-state index contributed by atoms with van der Waals surface area (Å²) in [7, 11) is 0. The molecule has 0 heterocycles. The van der Waals surface area contributed by atoms with Gasteiger partial charge in [0.15, 0.2) is 0 Å². The van der Waals surface area contributed by atoms with Gasteiger partial charge in [-0.25, -0.2) is 8.78 Å². The number of aryl methyl sites for hydroxylation is 1. The van der Waals surface area contributed by atoms with Crippen molar-refractivity contribution in [3.05, 3.63) is 35.4 Å². The van der Waals surface area contributed by atoms with Crippen molar-refractivity contribution in [3.8, 4) is 0 Å². The van der Waals surface area contributed by atoms with Crippen molar-refractivity contribution >= 4 is 23.0 Å². The Hall–Kier alpha value is -0.230. The minimum Gasteiger partial charge on any atom is -0.331 e. The van der Waals surface area contributed by atoms with Gasteiger partial charge in [-0.15, -0.1) is 0 Å². The highest BCUT2D eigenvalue weighted by Crippen LogP contribution is 2.05. The van der Waals surface area contributed by atoms with Crippen LogP contribution in [0.15, 0.2) is 18.2 Å². The number of benzene rings is 1. The Morgan fingerprint density at radius 2 is 1.31 bits per heavy atom. The average Bonchev–Trinajstić information content (AvgIpc) is 2.09. The summed E-state index contributed by atoms with van der Waals surface area (Å²) in [5.41, 5.74) is 0.604. The Balaban J connectivity index is 0. The van der Waals surface area contributed by atoms with E-state index in [9.17, 15) is 8.78 Å². The third-order valence-corrected chi connectivity index (χ3v) is 1.01. The number of halogens is 3. The molecule has 0 radical (unpaired) electrons. The molecule has 0 unspecified atom stereocenters. The first-order chi connectivity index (χ1) is 6.18. The molecule has 1 aromatic carbocycles. The smallest absolute Gasteiger partial charge is 0.126 e. The van der Waals surface area contributed by atoms with Gasteiger partial charge in [-0.1, -0.05) is 13.8 Å². The second-order valence-corrected chi connectivity index (χ2v) is 1.95. The molecule has 0 fully saturated rings. The zero-order chi connectivity index (χ0) is 10.9. The minimum absolute atomic E-state index is 0.521. The lowest BCUT2D eigenvalue weighted by Crippen LogP contribution is -1.80. The molecule has 0 atom stereocenters. The van der Waals surface area contributed by atoms with Crippen LogP contribution in [0.1, 0.15) is 19.4 Å². The van der Waals surface area contributed by atoms with Crippen LogP contribution in [0.4, 0.5) is 8.78 Å². The molecule has 4 heteroatoms. The maximum Gasteiger partial charge on any atom is 0.126 e. The highest BCUT2D eigenvalue weighted by molar-refractivity contribution is 14.1. The van der Waals surface area contributed by atoms with E-state index < -0.39 is 11.6 Å². The van der Waals surface area contributed by atoms with Crippen molar-refractivity contribution < 1.29 is 12.2 Å². The molecule has 76 valence electrons. The van der Waals surface area contributed by atoms with Gasteiger partial charge < -0.3 is 3.44 Å². The second-order valence-electron chi connectivity index (χ2n) is 1.95. The molecule has 1 rings (SSSR count). The van der Waals surface area contributed by atoms with Crippen LogP contribution < -0.4 is 0 Å². The van der Waals surface area contributed by atoms with Gasteiger partial charge in [0.05, 0.1) is 0 Å². The molecule has 0 aromatic heterocycles. The molecule has 0 saturated carbocycles. The SMILES string of the molecule is CC.Cc1cc(F)cc(F)c1.OI. The predicted octanol–water partition coefficient (Wildman–Crippen LogP) is 3.63. The fourth-order valence-electron chi connectivity index (χ4n) is 0.692. The number of rotatable bonds is 0. The van der Waals surface area contributed by atoms with Crippen molar-refractivity contribution in [2.75, 3.05) is 0 Å². The van der Waals surface area contributed by atoms with Gasteiger partial charge in [-0.05, 0) is 24.6 Å². The lowest BCUT2D eigenvalue weighted by Gasteiger charge is -1.91. The molecule has 1 N–H and O–H groups in total.